The van der Waals surface area contributed by atoms with E-state index in [9.17, 15) is 18.4 Å². The first-order chi connectivity index (χ1) is 15.4. The molecule has 1 aliphatic rings. The van der Waals surface area contributed by atoms with Gasteiger partial charge in [0, 0.05) is 5.56 Å². The second kappa shape index (κ2) is 8.63. The van der Waals surface area contributed by atoms with Crippen molar-refractivity contribution in [1.29, 1.82) is 0 Å². The zero-order valence-electron chi connectivity index (χ0n) is 17.5. The van der Waals surface area contributed by atoms with Crippen LogP contribution in [0.25, 0.3) is 5.57 Å². The minimum atomic E-state index is -0.610. The molecule has 2 amide bonds. The van der Waals surface area contributed by atoms with Crippen molar-refractivity contribution in [2.24, 2.45) is 0 Å². The number of rotatable bonds is 6. The average molecular weight is 434 g/mol. The molecule has 0 saturated heterocycles. The first-order valence-electron chi connectivity index (χ1n) is 9.90. The Labute approximate surface area is 183 Å². The van der Waals surface area contributed by atoms with Gasteiger partial charge in [-0.25, -0.2) is 8.78 Å². The zero-order chi connectivity index (χ0) is 22.8. The molecule has 0 fully saturated rings. The number of imide groups is 1. The molecule has 0 aromatic heterocycles. The van der Waals surface area contributed by atoms with Gasteiger partial charge >= 0.3 is 0 Å². The summed E-state index contributed by atoms with van der Waals surface area (Å²) in [6.07, 6.45) is 0. The molecule has 0 aliphatic carbocycles. The molecule has 0 spiro atoms. The summed E-state index contributed by atoms with van der Waals surface area (Å²) < 4.78 is 33.1. The van der Waals surface area contributed by atoms with Crippen molar-refractivity contribution in [3.05, 3.63) is 101 Å². The third-order valence-corrected chi connectivity index (χ3v) is 5.20. The Bertz CT molecular complexity index is 1240. The fourth-order valence-electron chi connectivity index (χ4n) is 3.57. The number of hydrogen-bond donors (Lipinski definition) is 1. The van der Waals surface area contributed by atoms with Crippen molar-refractivity contribution in [2.45, 2.75) is 13.5 Å². The quantitative estimate of drug-likeness (QED) is 0.573. The van der Waals surface area contributed by atoms with Crippen LogP contribution in [-0.4, -0.2) is 23.8 Å². The van der Waals surface area contributed by atoms with E-state index in [0.717, 1.165) is 10.5 Å². The van der Waals surface area contributed by atoms with Gasteiger partial charge in [0.25, 0.3) is 11.8 Å². The lowest BCUT2D eigenvalue weighted by Crippen LogP contribution is -2.32. The van der Waals surface area contributed by atoms with Crippen molar-refractivity contribution in [3.8, 4) is 5.75 Å². The highest BCUT2D eigenvalue weighted by atomic mass is 19.1. The monoisotopic (exact) mass is 434 g/mol. The molecule has 5 nitrogen and oxygen atoms in total. The molecule has 4 rings (SSSR count). The van der Waals surface area contributed by atoms with Crippen LogP contribution in [0.5, 0.6) is 5.75 Å². The van der Waals surface area contributed by atoms with Gasteiger partial charge in [-0.2, -0.15) is 0 Å². The molecule has 7 heteroatoms. The van der Waals surface area contributed by atoms with Crippen LogP contribution in [0.2, 0.25) is 0 Å². The third kappa shape index (κ3) is 3.97. The lowest BCUT2D eigenvalue weighted by Gasteiger charge is -2.16. The molecular formula is C25H20F2N2O3. The second-order valence-corrected chi connectivity index (χ2v) is 7.37. The van der Waals surface area contributed by atoms with Crippen LogP contribution in [0.1, 0.15) is 16.7 Å². The number of ether oxygens (including phenoxy) is 1. The van der Waals surface area contributed by atoms with Gasteiger partial charge in [-0.3, -0.25) is 14.5 Å². The molecule has 1 N–H and O–H groups in total. The summed E-state index contributed by atoms with van der Waals surface area (Å²) in [4.78, 5) is 27.6. The van der Waals surface area contributed by atoms with Crippen molar-refractivity contribution in [2.75, 3.05) is 12.4 Å². The normalized spacial score (nSPS) is 13.7. The van der Waals surface area contributed by atoms with Gasteiger partial charge in [0.2, 0.25) is 0 Å². The number of benzene rings is 3. The smallest absolute Gasteiger partial charge is 0.278 e. The molecule has 32 heavy (non-hydrogen) atoms. The molecule has 1 heterocycles. The minimum absolute atomic E-state index is 0.0156. The summed E-state index contributed by atoms with van der Waals surface area (Å²) in [6, 6.07) is 16.6. The van der Waals surface area contributed by atoms with Gasteiger partial charge < -0.3 is 10.1 Å². The highest BCUT2D eigenvalue weighted by Gasteiger charge is 2.39. The fraction of sp³-hybridized carbons (Fsp3) is 0.120. The maximum atomic E-state index is 14.2. The Morgan fingerprint density at radius 1 is 0.938 bits per heavy atom. The van der Waals surface area contributed by atoms with E-state index in [1.807, 2.05) is 13.0 Å². The summed E-state index contributed by atoms with van der Waals surface area (Å²) in [5.74, 6) is -1.71. The van der Waals surface area contributed by atoms with Crippen LogP contribution < -0.4 is 10.1 Å². The summed E-state index contributed by atoms with van der Waals surface area (Å²) in [5.41, 5.74) is 2.09. The third-order valence-electron chi connectivity index (χ3n) is 5.20. The van der Waals surface area contributed by atoms with Crippen molar-refractivity contribution in [1.82, 2.24) is 4.90 Å². The fourth-order valence-corrected chi connectivity index (χ4v) is 3.57. The second-order valence-electron chi connectivity index (χ2n) is 7.37. The van der Waals surface area contributed by atoms with E-state index in [1.165, 1.54) is 49.6 Å². The summed E-state index contributed by atoms with van der Waals surface area (Å²) in [7, 11) is 1.50. The van der Waals surface area contributed by atoms with Crippen molar-refractivity contribution < 1.29 is 23.1 Å². The van der Waals surface area contributed by atoms with E-state index < -0.39 is 23.4 Å². The number of carbonyl (C=O) groups is 2. The lowest BCUT2D eigenvalue weighted by atomic mass is 10.0. The molecule has 1 aliphatic heterocycles. The topological polar surface area (TPSA) is 58.6 Å². The number of halogens is 2. The molecule has 0 radical (unpaired) electrons. The molecule has 3 aromatic carbocycles. The summed E-state index contributed by atoms with van der Waals surface area (Å²) in [5, 5.41) is 3.03. The van der Waals surface area contributed by atoms with Crippen LogP contribution in [0.4, 0.5) is 14.5 Å². The molecular weight excluding hydrogens is 414 g/mol. The van der Waals surface area contributed by atoms with E-state index in [4.69, 9.17) is 4.74 Å². The number of amides is 2. The summed E-state index contributed by atoms with van der Waals surface area (Å²) in [6.45, 7) is 1.65. The molecule has 0 saturated carbocycles. The molecule has 0 atom stereocenters. The number of methoxy groups -OCH3 is 1. The van der Waals surface area contributed by atoms with Gasteiger partial charge in [-0.1, -0.05) is 36.4 Å². The minimum Gasteiger partial charge on any atom is -0.495 e. The first-order valence-corrected chi connectivity index (χ1v) is 9.90. The molecule has 162 valence electrons. The first kappa shape index (κ1) is 21.2. The van der Waals surface area contributed by atoms with Gasteiger partial charge in [0.1, 0.15) is 23.1 Å². The average Bonchev–Trinajstić information content (AvgIpc) is 3.00. The molecule has 3 aromatic rings. The van der Waals surface area contributed by atoms with Crippen LogP contribution in [0, 0.1) is 18.6 Å². The Hall–Kier alpha value is -4.00. The number of hydrogen-bond acceptors (Lipinski definition) is 4. The highest BCUT2D eigenvalue weighted by molar-refractivity contribution is 6.36. The van der Waals surface area contributed by atoms with Crippen LogP contribution in [0.3, 0.4) is 0 Å². The van der Waals surface area contributed by atoms with Gasteiger partial charge in [0.15, 0.2) is 0 Å². The number of anilines is 1. The number of carbonyl (C=O) groups excluding carboxylic acids is 2. The number of aryl methyl sites for hydroxylation is 1. The van der Waals surface area contributed by atoms with Crippen LogP contribution >= 0.6 is 0 Å². The Balaban J connectivity index is 1.79. The largest absolute Gasteiger partial charge is 0.495 e. The molecule has 0 bridgehead atoms. The van der Waals surface area contributed by atoms with E-state index in [0.29, 0.717) is 17.0 Å². The maximum Gasteiger partial charge on any atom is 0.278 e. The summed E-state index contributed by atoms with van der Waals surface area (Å²) >= 11 is 0. The lowest BCUT2D eigenvalue weighted by molar-refractivity contribution is -0.137. The molecule has 0 unspecified atom stereocenters. The van der Waals surface area contributed by atoms with Gasteiger partial charge in [-0.05, 0) is 48.4 Å². The van der Waals surface area contributed by atoms with E-state index in [2.05, 4.69) is 5.32 Å². The zero-order valence-corrected chi connectivity index (χ0v) is 17.5. The predicted octanol–water partition coefficient (Wildman–Crippen LogP) is 4.67. The van der Waals surface area contributed by atoms with E-state index in [1.54, 1.807) is 18.2 Å². The van der Waals surface area contributed by atoms with Gasteiger partial charge in [0.05, 0.1) is 24.9 Å². The highest BCUT2D eigenvalue weighted by Crippen LogP contribution is 2.34. The van der Waals surface area contributed by atoms with Crippen LogP contribution in [0.15, 0.2) is 72.4 Å². The van der Waals surface area contributed by atoms with E-state index in [-0.39, 0.29) is 23.4 Å². The van der Waals surface area contributed by atoms with Crippen LogP contribution in [-0.2, 0) is 16.1 Å². The Morgan fingerprint density at radius 3 is 2.34 bits per heavy atom. The SMILES string of the molecule is COc1ccc(C)cc1NC1=C(c2ccc(F)cc2)C(=O)N(Cc2ccccc2F)C1=O. The van der Waals surface area contributed by atoms with E-state index >= 15 is 0 Å². The van der Waals surface area contributed by atoms with Crippen molar-refractivity contribution >= 4 is 23.1 Å². The van der Waals surface area contributed by atoms with Crippen molar-refractivity contribution in [3.63, 3.8) is 0 Å². The maximum absolute atomic E-state index is 14.2. The predicted molar refractivity (Wildman–Crippen MR) is 117 cm³/mol. The number of nitrogens with one attached hydrogen (secondary N) is 1. The standard InChI is InChI=1S/C25H20F2N2O3/c1-15-7-12-21(32-2)20(13-15)28-23-22(16-8-10-18(26)11-9-16)24(30)29(25(23)31)14-17-5-3-4-6-19(17)27/h3-13,28H,14H2,1-2H3. The number of nitrogens with zero attached hydrogens (tertiary/aromatic N) is 1. The Morgan fingerprint density at radius 2 is 1.66 bits per heavy atom. The van der Waals surface area contributed by atoms with Gasteiger partial charge in [-0.15, -0.1) is 0 Å². The Kier molecular flexibility index (Phi) is 5.73.